The van der Waals surface area contributed by atoms with Crippen LogP contribution in [0.5, 0.6) is 0 Å². The van der Waals surface area contributed by atoms with Crippen LogP contribution < -0.4 is 5.32 Å². The Kier molecular flexibility index (Phi) is 5.05. The molecule has 1 fully saturated rings. The van der Waals surface area contributed by atoms with Crippen LogP contribution in [0, 0.1) is 11.6 Å². The largest absolute Gasteiger partial charge is 0.416 e. The monoisotopic (exact) mass is 421 g/mol. The first kappa shape index (κ1) is 20.1. The summed E-state index contributed by atoms with van der Waals surface area (Å²) in [5.74, 6) is -2.01. The third-order valence-electron chi connectivity index (χ3n) is 4.81. The van der Waals surface area contributed by atoms with Gasteiger partial charge in [0.2, 0.25) is 0 Å². The van der Waals surface area contributed by atoms with Crippen molar-refractivity contribution in [3.8, 4) is 5.69 Å². The number of hydrogen-bond acceptors (Lipinski definition) is 2. The second kappa shape index (κ2) is 7.55. The van der Waals surface area contributed by atoms with E-state index < -0.39 is 29.3 Å². The Morgan fingerprint density at radius 2 is 1.80 bits per heavy atom. The summed E-state index contributed by atoms with van der Waals surface area (Å²) in [6.45, 7) is -0.105. The van der Waals surface area contributed by atoms with Crippen LogP contribution >= 0.6 is 0 Å². The van der Waals surface area contributed by atoms with Gasteiger partial charge in [0.15, 0.2) is 0 Å². The van der Waals surface area contributed by atoms with Crippen molar-refractivity contribution in [2.75, 3.05) is 0 Å². The number of nitrogens with zero attached hydrogens (tertiary/aromatic N) is 2. The van der Waals surface area contributed by atoms with Crippen LogP contribution in [-0.4, -0.2) is 15.7 Å². The number of halogens is 5. The maximum Gasteiger partial charge on any atom is 0.416 e. The van der Waals surface area contributed by atoms with Crippen molar-refractivity contribution in [2.24, 2.45) is 0 Å². The lowest BCUT2D eigenvalue weighted by atomic mass is 10.1. The second-order valence-corrected chi connectivity index (χ2v) is 7.14. The molecule has 0 unspecified atom stereocenters. The molecule has 1 heterocycles. The van der Waals surface area contributed by atoms with Crippen molar-refractivity contribution in [1.29, 1.82) is 0 Å². The fourth-order valence-electron chi connectivity index (χ4n) is 3.29. The molecule has 9 heteroatoms. The summed E-state index contributed by atoms with van der Waals surface area (Å²) in [4.78, 5) is 12.7. The minimum Gasteiger partial charge on any atom is -0.348 e. The van der Waals surface area contributed by atoms with E-state index in [4.69, 9.17) is 0 Å². The van der Waals surface area contributed by atoms with E-state index in [-0.39, 0.29) is 29.3 Å². The van der Waals surface area contributed by atoms with Gasteiger partial charge in [-0.15, -0.1) is 0 Å². The number of benzene rings is 2. The van der Waals surface area contributed by atoms with Gasteiger partial charge in [0.1, 0.15) is 11.6 Å². The van der Waals surface area contributed by atoms with Crippen LogP contribution in [0.4, 0.5) is 22.0 Å². The van der Waals surface area contributed by atoms with Gasteiger partial charge in [-0.1, -0.05) is 6.07 Å². The quantitative estimate of drug-likeness (QED) is 0.591. The highest BCUT2D eigenvalue weighted by Gasteiger charge is 2.34. The van der Waals surface area contributed by atoms with E-state index in [2.05, 4.69) is 10.4 Å². The summed E-state index contributed by atoms with van der Waals surface area (Å²) < 4.78 is 67.2. The summed E-state index contributed by atoms with van der Waals surface area (Å²) >= 11 is 0. The number of hydrogen-bond donors (Lipinski definition) is 1. The maximum atomic E-state index is 13.3. The fourth-order valence-corrected chi connectivity index (χ4v) is 3.29. The number of carbonyl (C=O) groups excluding carboxylic acids is 1. The predicted molar refractivity (Wildman–Crippen MR) is 98.1 cm³/mol. The molecule has 0 atom stereocenters. The SMILES string of the molecule is O=C(NCc1cc(F)cc(F)c1)c1cnn(-c2cccc(C(F)(F)F)c2)c1C1CC1. The zero-order valence-corrected chi connectivity index (χ0v) is 15.5. The standard InChI is InChI=1S/C21H16F5N3O/c22-15-6-12(7-16(23)9-15)10-27-20(30)18-11-28-29(19(18)13-4-5-13)17-3-1-2-14(8-17)21(24,25)26/h1-3,6-9,11,13H,4-5,10H2,(H,27,30). The average molecular weight is 421 g/mol. The number of aromatic nitrogens is 2. The van der Waals surface area contributed by atoms with E-state index in [9.17, 15) is 26.7 Å². The third-order valence-corrected chi connectivity index (χ3v) is 4.81. The normalized spacial score (nSPS) is 14.0. The molecule has 4 nitrogen and oxygen atoms in total. The van der Waals surface area contributed by atoms with Gasteiger partial charge in [-0.05, 0) is 48.7 Å². The van der Waals surface area contributed by atoms with E-state index in [1.54, 1.807) is 0 Å². The highest BCUT2D eigenvalue weighted by Crippen LogP contribution is 2.42. The molecule has 1 amide bonds. The highest BCUT2D eigenvalue weighted by molar-refractivity contribution is 5.95. The fraction of sp³-hybridized carbons (Fsp3) is 0.238. The van der Waals surface area contributed by atoms with Gasteiger partial charge in [-0.25, -0.2) is 13.5 Å². The van der Waals surface area contributed by atoms with Crippen LogP contribution in [0.25, 0.3) is 5.69 Å². The molecule has 0 aliphatic heterocycles. The van der Waals surface area contributed by atoms with Gasteiger partial charge in [0.25, 0.3) is 5.91 Å². The predicted octanol–water partition coefficient (Wildman–Crippen LogP) is 4.98. The molecule has 156 valence electrons. The molecular weight excluding hydrogens is 405 g/mol. The Morgan fingerprint density at radius 1 is 1.10 bits per heavy atom. The van der Waals surface area contributed by atoms with Gasteiger partial charge in [-0.2, -0.15) is 18.3 Å². The van der Waals surface area contributed by atoms with Crippen LogP contribution in [-0.2, 0) is 12.7 Å². The molecule has 4 rings (SSSR count). The van der Waals surface area contributed by atoms with Crippen LogP contribution in [0.3, 0.4) is 0 Å². The summed E-state index contributed by atoms with van der Waals surface area (Å²) in [5.41, 5.74) is 0.400. The summed E-state index contributed by atoms with van der Waals surface area (Å²) in [6, 6.07) is 7.68. The maximum absolute atomic E-state index is 13.3. The number of carbonyl (C=O) groups is 1. The average Bonchev–Trinajstić information content (AvgIpc) is 3.42. The number of nitrogens with one attached hydrogen (secondary N) is 1. The molecule has 30 heavy (non-hydrogen) atoms. The van der Waals surface area contributed by atoms with E-state index in [1.165, 1.54) is 23.0 Å². The summed E-state index contributed by atoms with van der Waals surface area (Å²) in [6.07, 6.45) is -1.61. The lowest BCUT2D eigenvalue weighted by Gasteiger charge is -2.12. The Hall–Kier alpha value is -3.23. The van der Waals surface area contributed by atoms with Crippen molar-refractivity contribution < 1.29 is 26.7 Å². The molecule has 0 saturated heterocycles. The first-order chi connectivity index (χ1) is 14.2. The van der Waals surface area contributed by atoms with E-state index >= 15 is 0 Å². The molecule has 0 radical (unpaired) electrons. The molecular formula is C21H16F5N3O. The van der Waals surface area contributed by atoms with Crippen LogP contribution in [0.1, 0.15) is 45.9 Å². The van der Waals surface area contributed by atoms with Crippen molar-refractivity contribution in [3.63, 3.8) is 0 Å². The highest BCUT2D eigenvalue weighted by atomic mass is 19.4. The van der Waals surface area contributed by atoms with Gasteiger partial charge in [0, 0.05) is 18.5 Å². The molecule has 0 spiro atoms. The van der Waals surface area contributed by atoms with Crippen molar-refractivity contribution in [3.05, 3.63) is 82.7 Å². The molecule has 1 aliphatic rings. The van der Waals surface area contributed by atoms with E-state index in [0.29, 0.717) is 5.69 Å². The Bertz CT molecular complexity index is 1080. The smallest absolute Gasteiger partial charge is 0.348 e. The van der Waals surface area contributed by atoms with Crippen molar-refractivity contribution in [2.45, 2.75) is 31.5 Å². The zero-order chi connectivity index (χ0) is 21.5. The molecule has 3 aromatic rings. The number of rotatable bonds is 5. The minimum absolute atomic E-state index is 0.00871. The number of amides is 1. The first-order valence-electron chi connectivity index (χ1n) is 9.21. The molecule has 1 N–H and O–H groups in total. The van der Waals surface area contributed by atoms with Gasteiger partial charge in [-0.3, -0.25) is 4.79 Å². The molecule has 1 saturated carbocycles. The summed E-state index contributed by atoms with van der Waals surface area (Å²) in [5, 5.41) is 6.73. The number of alkyl halides is 3. The third kappa shape index (κ3) is 4.19. The van der Waals surface area contributed by atoms with Crippen molar-refractivity contribution >= 4 is 5.91 Å². The van der Waals surface area contributed by atoms with Crippen LogP contribution in [0.15, 0.2) is 48.7 Å². The Labute approximate surface area is 168 Å². The Morgan fingerprint density at radius 3 is 2.43 bits per heavy atom. The van der Waals surface area contributed by atoms with Gasteiger partial charge in [0.05, 0.1) is 28.7 Å². The molecule has 2 aromatic carbocycles. The lowest BCUT2D eigenvalue weighted by molar-refractivity contribution is -0.137. The topological polar surface area (TPSA) is 46.9 Å². The van der Waals surface area contributed by atoms with Gasteiger partial charge >= 0.3 is 6.18 Å². The summed E-state index contributed by atoms with van der Waals surface area (Å²) in [7, 11) is 0. The van der Waals surface area contributed by atoms with Gasteiger partial charge < -0.3 is 5.32 Å². The molecule has 1 aliphatic carbocycles. The first-order valence-corrected chi connectivity index (χ1v) is 9.21. The molecule has 0 bridgehead atoms. The lowest BCUT2D eigenvalue weighted by Crippen LogP contribution is -2.24. The zero-order valence-electron chi connectivity index (χ0n) is 15.5. The minimum atomic E-state index is -4.50. The van der Waals surface area contributed by atoms with Crippen LogP contribution in [0.2, 0.25) is 0 Å². The van der Waals surface area contributed by atoms with Crippen molar-refractivity contribution in [1.82, 2.24) is 15.1 Å². The molecule has 1 aromatic heterocycles. The second-order valence-electron chi connectivity index (χ2n) is 7.14. The van der Waals surface area contributed by atoms with E-state index in [1.807, 2.05) is 0 Å². The Balaban J connectivity index is 1.61. The van der Waals surface area contributed by atoms with E-state index in [0.717, 1.165) is 43.2 Å².